The van der Waals surface area contributed by atoms with Crippen molar-refractivity contribution < 1.29 is 9.47 Å². The van der Waals surface area contributed by atoms with Crippen molar-refractivity contribution in [1.82, 2.24) is 4.90 Å². The van der Waals surface area contributed by atoms with Crippen molar-refractivity contribution in [2.45, 2.75) is 71.2 Å². The average molecular weight is 286 g/mol. The minimum atomic E-state index is -0.253. The first-order valence-corrected chi connectivity index (χ1v) is 7.84. The van der Waals surface area contributed by atoms with Crippen LogP contribution in [0.25, 0.3) is 0 Å². The Balaban J connectivity index is 2.81. The molecule has 3 unspecified atom stereocenters. The highest BCUT2D eigenvalue weighted by molar-refractivity contribution is 5.04. The summed E-state index contributed by atoms with van der Waals surface area (Å²) in [6.07, 6.45) is 1.14. The summed E-state index contributed by atoms with van der Waals surface area (Å²) in [5.41, 5.74) is 6.04. The van der Waals surface area contributed by atoms with Crippen LogP contribution >= 0.6 is 0 Å². The first-order chi connectivity index (χ1) is 9.15. The second kappa shape index (κ2) is 6.73. The molecule has 0 aliphatic carbocycles. The lowest BCUT2D eigenvalue weighted by Crippen LogP contribution is -2.50. The Morgan fingerprint density at radius 1 is 1.25 bits per heavy atom. The standard InChI is InChI=1S/C16H34N2O2/c1-8-12(2)18(9-10-19-7)11-13-14(17)16(5,6)20-15(13,3)4/h12-14H,8-11,17H2,1-7H3. The van der Waals surface area contributed by atoms with E-state index in [9.17, 15) is 0 Å². The van der Waals surface area contributed by atoms with Gasteiger partial charge in [0.05, 0.1) is 17.8 Å². The maximum Gasteiger partial charge on any atom is 0.0788 e. The fourth-order valence-corrected chi connectivity index (χ4v) is 3.28. The zero-order valence-electron chi connectivity index (χ0n) is 14.4. The van der Waals surface area contributed by atoms with Crippen LogP contribution in [0.4, 0.5) is 0 Å². The van der Waals surface area contributed by atoms with E-state index in [1.807, 2.05) is 0 Å². The van der Waals surface area contributed by atoms with Crippen LogP contribution in [0.5, 0.6) is 0 Å². The first-order valence-electron chi connectivity index (χ1n) is 7.84. The lowest BCUT2D eigenvalue weighted by molar-refractivity contribution is -0.0794. The molecule has 1 aliphatic rings. The van der Waals surface area contributed by atoms with E-state index in [0.717, 1.165) is 26.1 Å². The monoisotopic (exact) mass is 286 g/mol. The van der Waals surface area contributed by atoms with Gasteiger partial charge < -0.3 is 15.2 Å². The molecule has 4 heteroatoms. The van der Waals surface area contributed by atoms with Gasteiger partial charge in [-0.25, -0.2) is 0 Å². The van der Waals surface area contributed by atoms with E-state index < -0.39 is 0 Å². The van der Waals surface area contributed by atoms with Crippen molar-refractivity contribution in [3.05, 3.63) is 0 Å². The van der Waals surface area contributed by atoms with Crippen LogP contribution in [0.1, 0.15) is 48.0 Å². The summed E-state index contributed by atoms with van der Waals surface area (Å²) in [5, 5.41) is 0. The summed E-state index contributed by atoms with van der Waals surface area (Å²) in [6.45, 7) is 15.7. The molecule has 1 saturated heterocycles. The van der Waals surface area contributed by atoms with Gasteiger partial charge in [-0.15, -0.1) is 0 Å². The van der Waals surface area contributed by atoms with Crippen LogP contribution in [-0.4, -0.2) is 55.0 Å². The van der Waals surface area contributed by atoms with Gasteiger partial charge in [0.25, 0.3) is 0 Å². The molecule has 4 nitrogen and oxygen atoms in total. The molecule has 0 amide bonds. The van der Waals surface area contributed by atoms with Crippen LogP contribution in [-0.2, 0) is 9.47 Å². The molecule has 0 bridgehead atoms. The van der Waals surface area contributed by atoms with Crippen molar-refractivity contribution in [2.75, 3.05) is 26.8 Å². The molecular weight excluding hydrogens is 252 g/mol. The van der Waals surface area contributed by atoms with Crippen molar-refractivity contribution >= 4 is 0 Å². The number of ether oxygens (including phenoxy) is 2. The van der Waals surface area contributed by atoms with Crippen LogP contribution in [0.15, 0.2) is 0 Å². The SMILES string of the molecule is CCC(C)N(CCOC)CC1C(N)C(C)(C)OC1(C)C. The molecule has 20 heavy (non-hydrogen) atoms. The average Bonchev–Trinajstić information content (AvgIpc) is 2.50. The lowest BCUT2D eigenvalue weighted by atomic mass is 9.82. The molecule has 0 aromatic heterocycles. The van der Waals surface area contributed by atoms with Gasteiger partial charge in [0.2, 0.25) is 0 Å². The van der Waals surface area contributed by atoms with Crippen molar-refractivity contribution in [3.8, 4) is 0 Å². The smallest absolute Gasteiger partial charge is 0.0788 e. The Kier molecular flexibility index (Phi) is 6.02. The molecule has 1 fully saturated rings. The van der Waals surface area contributed by atoms with Crippen molar-refractivity contribution in [1.29, 1.82) is 0 Å². The van der Waals surface area contributed by atoms with Crippen LogP contribution in [0.3, 0.4) is 0 Å². The molecule has 0 aromatic carbocycles. The number of methoxy groups -OCH3 is 1. The van der Waals surface area contributed by atoms with E-state index in [1.54, 1.807) is 7.11 Å². The summed E-state index contributed by atoms with van der Waals surface area (Å²) in [4.78, 5) is 2.49. The van der Waals surface area contributed by atoms with Crippen LogP contribution in [0.2, 0.25) is 0 Å². The Bertz CT molecular complexity index is 305. The minimum absolute atomic E-state index is 0.0617. The van der Waals surface area contributed by atoms with Crippen molar-refractivity contribution in [3.63, 3.8) is 0 Å². The predicted octanol–water partition coefficient (Wildman–Crippen LogP) is 2.26. The van der Waals surface area contributed by atoms with E-state index in [0.29, 0.717) is 12.0 Å². The normalized spacial score (nSPS) is 29.9. The number of hydrogen-bond donors (Lipinski definition) is 1. The molecule has 1 rings (SSSR count). The molecule has 0 saturated carbocycles. The summed E-state index contributed by atoms with van der Waals surface area (Å²) in [6, 6.07) is 0.600. The topological polar surface area (TPSA) is 47.7 Å². The van der Waals surface area contributed by atoms with Gasteiger partial charge in [-0.2, -0.15) is 0 Å². The molecular formula is C16H34N2O2. The second-order valence-corrected chi connectivity index (χ2v) is 7.19. The van der Waals surface area contributed by atoms with E-state index in [4.69, 9.17) is 15.2 Å². The zero-order valence-corrected chi connectivity index (χ0v) is 14.4. The van der Waals surface area contributed by atoms with Crippen LogP contribution < -0.4 is 5.73 Å². The van der Waals surface area contributed by atoms with Gasteiger partial charge in [-0.05, 0) is 41.0 Å². The maximum atomic E-state index is 6.47. The number of hydrogen-bond acceptors (Lipinski definition) is 4. The molecule has 0 aromatic rings. The first kappa shape index (κ1) is 17.9. The summed E-state index contributed by atoms with van der Waals surface area (Å²) in [7, 11) is 1.76. The molecule has 120 valence electrons. The summed E-state index contributed by atoms with van der Waals surface area (Å²) in [5.74, 6) is 0.336. The Labute approximate surface area is 125 Å². The van der Waals surface area contributed by atoms with Gasteiger partial charge in [-0.3, -0.25) is 4.90 Å². The van der Waals surface area contributed by atoms with E-state index in [1.165, 1.54) is 0 Å². The zero-order chi connectivity index (χ0) is 15.6. The third-order valence-corrected chi connectivity index (χ3v) is 4.88. The molecule has 0 spiro atoms. The van der Waals surface area contributed by atoms with Gasteiger partial charge >= 0.3 is 0 Å². The fourth-order valence-electron chi connectivity index (χ4n) is 3.28. The van der Waals surface area contributed by atoms with Gasteiger partial charge in [0.15, 0.2) is 0 Å². The fraction of sp³-hybridized carbons (Fsp3) is 1.00. The van der Waals surface area contributed by atoms with Crippen LogP contribution in [0, 0.1) is 5.92 Å². The number of rotatable bonds is 7. The summed E-state index contributed by atoms with van der Waals surface area (Å²) >= 11 is 0. The lowest BCUT2D eigenvalue weighted by Gasteiger charge is -2.36. The molecule has 1 heterocycles. The summed E-state index contributed by atoms with van der Waals surface area (Å²) < 4.78 is 11.4. The van der Waals surface area contributed by atoms with Gasteiger partial charge in [0.1, 0.15) is 0 Å². The molecule has 2 N–H and O–H groups in total. The number of nitrogens with zero attached hydrogens (tertiary/aromatic N) is 1. The number of nitrogens with two attached hydrogens (primary N) is 1. The molecule has 3 atom stereocenters. The minimum Gasteiger partial charge on any atom is -0.383 e. The van der Waals surface area contributed by atoms with E-state index in [-0.39, 0.29) is 17.2 Å². The van der Waals surface area contributed by atoms with Crippen molar-refractivity contribution in [2.24, 2.45) is 11.7 Å². The van der Waals surface area contributed by atoms with Gasteiger partial charge in [-0.1, -0.05) is 6.92 Å². The largest absolute Gasteiger partial charge is 0.383 e. The third-order valence-electron chi connectivity index (χ3n) is 4.88. The second-order valence-electron chi connectivity index (χ2n) is 7.19. The van der Waals surface area contributed by atoms with E-state index >= 15 is 0 Å². The third kappa shape index (κ3) is 3.94. The highest BCUT2D eigenvalue weighted by atomic mass is 16.5. The van der Waals surface area contributed by atoms with E-state index in [2.05, 4.69) is 46.4 Å². The highest BCUT2D eigenvalue weighted by Gasteiger charge is 2.52. The highest BCUT2D eigenvalue weighted by Crippen LogP contribution is 2.41. The Hall–Kier alpha value is -0.160. The quantitative estimate of drug-likeness (QED) is 0.780. The molecule has 1 aliphatic heterocycles. The Morgan fingerprint density at radius 2 is 1.85 bits per heavy atom. The van der Waals surface area contributed by atoms with Gasteiger partial charge in [0, 0.05) is 38.2 Å². The maximum absolute atomic E-state index is 6.47. The predicted molar refractivity (Wildman–Crippen MR) is 83.9 cm³/mol. The Morgan fingerprint density at radius 3 is 2.25 bits per heavy atom. The molecule has 0 radical (unpaired) electrons.